The predicted octanol–water partition coefficient (Wildman–Crippen LogP) is 1.69. The van der Waals surface area contributed by atoms with E-state index in [0.717, 1.165) is 26.2 Å². The largest absolute Gasteiger partial charge is 0.329 e. The van der Waals surface area contributed by atoms with Crippen molar-refractivity contribution < 1.29 is 0 Å². The number of hydrogen-bond acceptors (Lipinski definition) is 4. The number of thiophene rings is 1. The molecule has 3 nitrogen and oxygen atoms in total. The Morgan fingerprint density at radius 3 is 2.82 bits per heavy atom. The van der Waals surface area contributed by atoms with Gasteiger partial charge in [0.15, 0.2) is 0 Å². The fraction of sp³-hybridized carbons (Fsp3) is 0.692. The van der Waals surface area contributed by atoms with Crippen molar-refractivity contribution in [1.29, 1.82) is 0 Å². The van der Waals surface area contributed by atoms with Crippen LogP contribution in [0, 0.1) is 6.92 Å². The lowest BCUT2D eigenvalue weighted by Gasteiger charge is -2.42. The minimum absolute atomic E-state index is 0.492. The van der Waals surface area contributed by atoms with Gasteiger partial charge in [-0.05, 0) is 33.0 Å². The Labute approximate surface area is 108 Å². The van der Waals surface area contributed by atoms with Crippen LogP contribution in [0.1, 0.15) is 22.7 Å². The van der Waals surface area contributed by atoms with Crippen LogP contribution in [-0.2, 0) is 0 Å². The fourth-order valence-electron chi connectivity index (χ4n) is 2.59. The maximum absolute atomic E-state index is 5.91. The molecule has 2 atom stereocenters. The summed E-state index contributed by atoms with van der Waals surface area (Å²) in [5.41, 5.74) is 5.91. The first-order valence-corrected chi connectivity index (χ1v) is 7.14. The molecule has 2 rings (SSSR count). The van der Waals surface area contributed by atoms with E-state index < -0.39 is 0 Å². The maximum atomic E-state index is 5.91. The summed E-state index contributed by atoms with van der Waals surface area (Å²) in [7, 11) is 2.18. The number of piperazine rings is 1. The summed E-state index contributed by atoms with van der Waals surface area (Å²) in [6.07, 6.45) is 0. The zero-order chi connectivity index (χ0) is 12.4. The molecule has 17 heavy (non-hydrogen) atoms. The highest BCUT2D eigenvalue weighted by Gasteiger charge is 2.28. The van der Waals surface area contributed by atoms with Crippen LogP contribution in [0.2, 0.25) is 0 Å². The summed E-state index contributed by atoms with van der Waals surface area (Å²) >= 11 is 1.91. The van der Waals surface area contributed by atoms with E-state index in [4.69, 9.17) is 5.73 Å². The molecular weight excluding hydrogens is 230 g/mol. The van der Waals surface area contributed by atoms with Gasteiger partial charge in [-0.2, -0.15) is 0 Å². The van der Waals surface area contributed by atoms with E-state index in [1.54, 1.807) is 0 Å². The lowest BCUT2D eigenvalue weighted by atomic mass is 10.1. The zero-order valence-corrected chi connectivity index (χ0v) is 11.8. The van der Waals surface area contributed by atoms with Crippen LogP contribution in [0.5, 0.6) is 0 Å². The Morgan fingerprint density at radius 1 is 1.47 bits per heavy atom. The smallest absolute Gasteiger partial charge is 0.0417 e. The molecule has 0 saturated carbocycles. The highest BCUT2D eigenvalue weighted by atomic mass is 32.1. The van der Waals surface area contributed by atoms with E-state index in [9.17, 15) is 0 Å². The molecular formula is C13H23N3S. The third-order valence-corrected chi connectivity index (χ3v) is 4.84. The van der Waals surface area contributed by atoms with Gasteiger partial charge in [0.2, 0.25) is 0 Å². The molecule has 0 amide bonds. The number of likely N-dealkylation sites (N-methyl/N-ethyl adjacent to an activating group) is 1. The topological polar surface area (TPSA) is 32.5 Å². The molecule has 1 aliphatic heterocycles. The molecule has 0 spiro atoms. The summed E-state index contributed by atoms with van der Waals surface area (Å²) in [6, 6.07) is 5.46. The first-order chi connectivity index (χ1) is 8.11. The number of hydrogen-bond donors (Lipinski definition) is 1. The molecule has 1 aliphatic rings. The van der Waals surface area contributed by atoms with Gasteiger partial charge in [-0.3, -0.25) is 4.90 Å². The highest BCUT2D eigenvalue weighted by Crippen LogP contribution is 2.29. The van der Waals surface area contributed by atoms with Crippen LogP contribution in [0.25, 0.3) is 0 Å². The minimum Gasteiger partial charge on any atom is -0.329 e. The van der Waals surface area contributed by atoms with Crippen LogP contribution in [0.3, 0.4) is 0 Å². The Hall–Kier alpha value is -0.420. The zero-order valence-electron chi connectivity index (χ0n) is 11.0. The van der Waals surface area contributed by atoms with Crippen LogP contribution < -0.4 is 5.73 Å². The number of aryl methyl sites for hydroxylation is 1. The molecule has 2 heterocycles. The predicted molar refractivity (Wildman–Crippen MR) is 74.5 cm³/mol. The lowest BCUT2D eigenvalue weighted by Crippen LogP contribution is -2.55. The lowest BCUT2D eigenvalue weighted by molar-refractivity contribution is 0.0633. The summed E-state index contributed by atoms with van der Waals surface area (Å²) in [5, 5.41) is 0. The van der Waals surface area contributed by atoms with E-state index in [1.165, 1.54) is 9.75 Å². The van der Waals surface area contributed by atoms with E-state index in [1.807, 2.05) is 11.3 Å². The summed E-state index contributed by atoms with van der Waals surface area (Å²) in [4.78, 5) is 7.79. The van der Waals surface area contributed by atoms with Crippen molar-refractivity contribution in [2.45, 2.75) is 25.9 Å². The van der Waals surface area contributed by atoms with Crippen molar-refractivity contribution in [2.24, 2.45) is 5.73 Å². The molecule has 2 N–H and O–H groups in total. The minimum atomic E-state index is 0.492. The second kappa shape index (κ2) is 5.48. The fourth-order valence-corrected chi connectivity index (χ4v) is 3.54. The van der Waals surface area contributed by atoms with Crippen LogP contribution in [0.4, 0.5) is 0 Å². The Balaban J connectivity index is 2.09. The van der Waals surface area contributed by atoms with Crippen molar-refractivity contribution in [2.75, 3.05) is 33.2 Å². The van der Waals surface area contributed by atoms with Gasteiger partial charge >= 0.3 is 0 Å². The quantitative estimate of drug-likeness (QED) is 0.890. The van der Waals surface area contributed by atoms with Crippen molar-refractivity contribution in [1.82, 2.24) is 9.80 Å². The molecule has 0 radical (unpaired) electrons. The third kappa shape index (κ3) is 2.88. The van der Waals surface area contributed by atoms with Gasteiger partial charge in [0.25, 0.3) is 0 Å². The van der Waals surface area contributed by atoms with Crippen molar-refractivity contribution >= 4 is 11.3 Å². The molecule has 1 fully saturated rings. The van der Waals surface area contributed by atoms with E-state index in [0.29, 0.717) is 12.1 Å². The standard InChI is InChI=1S/C13H23N3S/c1-10-4-5-13(17-10)11(2)16-7-6-15(3)9-12(16)8-14/h4-5,11-12H,6-9,14H2,1-3H3. The Kier molecular flexibility index (Phi) is 4.20. The number of nitrogens with zero attached hydrogens (tertiary/aromatic N) is 2. The van der Waals surface area contributed by atoms with Gasteiger partial charge in [0.1, 0.15) is 0 Å². The molecule has 0 aromatic carbocycles. The summed E-state index contributed by atoms with van der Waals surface area (Å²) < 4.78 is 0. The summed E-state index contributed by atoms with van der Waals surface area (Å²) in [6.45, 7) is 8.58. The number of rotatable bonds is 3. The van der Waals surface area contributed by atoms with E-state index in [2.05, 4.69) is 42.8 Å². The van der Waals surface area contributed by atoms with Crippen molar-refractivity contribution in [3.8, 4) is 0 Å². The van der Waals surface area contributed by atoms with Gasteiger partial charge in [-0.1, -0.05) is 0 Å². The van der Waals surface area contributed by atoms with Gasteiger partial charge in [0.05, 0.1) is 0 Å². The molecule has 4 heteroatoms. The van der Waals surface area contributed by atoms with Gasteiger partial charge < -0.3 is 10.6 Å². The Bertz CT molecular complexity index is 363. The maximum Gasteiger partial charge on any atom is 0.0417 e. The van der Waals surface area contributed by atoms with Gasteiger partial charge in [-0.15, -0.1) is 11.3 Å². The van der Waals surface area contributed by atoms with Crippen LogP contribution in [0.15, 0.2) is 12.1 Å². The monoisotopic (exact) mass is 253 g/mol. The molecule has 2 unspecified atom stereocenters. The third-order valence-electron chi connectivity index (χ3n) is 3.67. The molecule has 0 bridgehead atoms. The molecule has 1 aromatic rings. The first kappa shape index (κ1) is 13.0. The highest BCUT2D eigenvalue weighted by molar-refractivity contribution is 7.12. The average Bonchev–Trinajstić information content (AvgIpc) is 2.75. The average molecular weight is 253 g/mol. The van der Waals surface area contributed by atoms with Crippen LogP contribution in [-0.4, -0.2) is 49.1 Å². The van der Waals surface area contributed by atoms with Crippen molar-refractivity contribution in [3.05, 3.63) is 21.9 Å². The molecule has 0 aliphatic carbocycles. The molecule has 96 valence electrons. The van der Waals surface area contributed by atoms with E-state index in [-0.39, 0.29) is 0 Å². The van der Waals surface area contributed by atoms with Crippen molar-refractivity contribution in [3.63, 3.8) is 0 Å². The SMILES string of the molecule is Cc1ccc(C(C)N2CCN(C)CC2CN)s1. The van der Waals surface area contributed by atoms with Crippen LogP contribution >= 0.6 is 11.3 Å². The van der Waals surface area contributed by atoms with E-state index >= 15 is 0 Å². The van der Waals surface area contributed by atoms with Gasteiger partial charge in [0, 0.05) is 48.0 Å². The summed E-state index contributed by atoms with van der Waals surface area (Å²) in [5.74, 6) is 0. The number of nitrogens with two attached hydrogens (primary N) is 1. The molecule has 1 aromatic heterocycles. The van der Waals surface area contributed by atoms with Gasteiger partial charge in [-0.25, -0.2) is 0 Å². The molecule has 1 saturated heterocycles. The second-order valence-corrected chi connectivity index (χ2v) is 6.33. The normalized spacial score (nSPS) is 25.1. The Morgan fingerprint density at radius 2 is 2.24 bits per heavy atom. The second-order valence-electron chi connectivity index (χ2n) is 5.01. The first-order valence-electron chi connectivity index (χ1n) is 6.32.